The van der Waals surface area contributed by atoms with Crippen LogP contribution in [0.4, 0.5) is 0 Å². The van der Waals surface area contributed by atoms with E-state index in [1.165, 1.54) is 5.57 Å². The number of allylic oxidation sites excluding steroid dienone is 3. The Labute approximate surface area is 61.2 Å². The van der Waals surface area contributed by atoms with Gasteiger partial charge in [-0.3, -0.25) is 0 Å². The third-order valence-electron chi connectivity index (χ3n) is 0.882. The molecule has 2 heteroatoms. The number of rotatable bonds is 1. The summed E-state index contributed by atoms with van der Waals surface area (Å²) in [7, 11) is 0. The molecular formula is C7H12ClN. The summed E-state index contributed by atoms with van der Waals surface area (Å²) in [6, 6.07) is 0. The van der Waals surface area contributed by atoms with Gasteiger partial charge in [0.05, 0.1) is 0 Å². The standard InChI is InChI=1S/C7H12ClN/c1-5(2)4-6(3)7(8)9/h4H,9H2,1-3H3/b7-6-. The van der Waals surface area contributed by atoms with Crippen LogP contribution >= 0.6 is 11.6 Å². The molecule has 0 unspecified atom stereocenters. The second kappa shape index (κ2) is 3.57. The van der Waals surface area contributed by atoms with Crippen LogP contribution in [0.15, 0.2) is 22.4 Å². The monoisotopic (exact) mass is 145 g/mol. The molecule has 0 aromatic heterocycles. The zero-order valence-electron chi connectivity index (χ0n) is 6.03. The van der Waals surface area contributed by atoms with Crippen LogP contribution in [0.2, 0.25) is 0 Å². The average molecular weight is 146 g/mol. The van der Waals surface area contributed by atoms with E-state index >= 15 is 0 Å². The van der Waals surface area contributed by atoms with Crippen LogP contribution in [0.3, 0.4) is 0 Å². The molecule has 0 radical (unpaired) electrons. The lowest BCUT2D eigenvalue weighted by molar-refractivity contribution is 1.32. The van der Waals surface area contributed by atoms with Crippen molar-refractivity contribution < 1.29 is 0 Å². The number of hydrogen-bond acceptors (Lipinski definition) is 1. The van der Waals surface area contributed by atoms with Gasteiger partial charge in [-0.05, 0) is 26.3 Å². The molecular weight excluding hydrogens is 134 g/mol. The first kappa shape index (κ1) is 8.57. The van der Waals surface area contributed by atoms with Crippen molar-refractivity contribution in [2.45, 2.75) is 20.8 Å². The van der Waals surface area contributed by atoms with Crippen LogP contribution < -0.4 is 5.73 Å². The Balaban J connectivity index is 4.25. The van der Waals surface area contributed by atoms with Gasteiger partial charge in [-0.15, -0.1) is 0 Å². The molecule has 0 atom stereocenters. The fourth-order valence-electron chi connectivity index (χ4n) is 0.502. The molecule has 0 aromatic rings. The molecule has 2 N–H and O–H groups in total. The van der Waals surface area contributed by atoms with Crippen molar-refractivity contribution in [1.82, 2.24) is 0 Å². The van der Waals surface area contributed by atoms with Gasteiger partial charge in [0.15, 0.2) is 0 Å². The summed E-state index contributed by atoms with van der Waals surface area (Å²) in [4.78, 5) is 0. The third-order valence-corrected chi connectivity index (χ3v) is 1.18. The molecule has 9 heavy (non-hydrogen) atoms. The number of nitrogens with two attached hydrogens (primary N) is 1. The Morgan fingerprint density at radius 1 is 1.33 bits per heavy atom. The SMILES string of the molecule is CC(C)=C/C(C)=C(\N)Cl. The van der Waals surface area contributed by atoms with E-state index in [0.717, 1.165) is 5.57 Å². The number of halogens is 1. The normalized spacial score (nSPS) is 12.4. The lowest BCUT2D eigenvalue weighted by Crippen LogP contribution is -1.90. The lowest BCUT2D eigenvalue weighted by atomic mass is 10.2. The molecule has 52 valence electrons. The maximum atomic E-state index is 5.49. The zero-order valence-corrected chi connectivity index (χ0v) is 6.79. The van der Waals surface area contributed by atoms with Crippen molar-refractivity contribution in [2.75, 3.05) is 0 Å². The molecule has 0 rings (SSSR count). The Morgan fingerprint density at radius 2 is 1.78 bits per heavy atom. The van der Waals surface area contributed by atoms with Crippen molar-refractivity contribution in [1.29, 1.82) is 0 Å². The van der Waals surface area contributed by atoms with Gasteiger partial charge in [-0.2, -0.15) is 0 Å². The first-order chi connectivity index (χ1) is 4.04. The summed E-state index contributed by atoms with van der Waals surface area (Å²) in [6.07, 6.45) is 1.95. The van der Waals surface area contributed by atoms with E-state index in [4.69, 9.17) is 17.3 Å². The smallest absolute Gasteiger partial charge is 0.102 e. The van der Waals surface area contributed by atoms with Crippen molar-refractivity contribution in [3.8, 4) is 0 Å². The first-order valence-electron chi connectivity index (χ1n) is 2.81. The van der Waals surface area contributed by atoms with Gasteiger partial charge in [-0.1, -0.05) is 23.3 Å². The molecule has 0 aliphatic heterocycles. The summed E-state index contributed by atoms with van der Waals surface area (Å²) in [5, 5.41) is 0.371. The van der Waals surface area contributed by atoms with Crippen LogP contribution in [0.1, 0.15) is 20.8 Å². The largest absolute Gasteiger partial charge is 0.389 e. The Hall–Kier alpha value is -0.430. The predicted octanol–water partition coefficient (Wildman–Crippen LogP) is 2.38. The molecule has 0 bridgehead atoms. The Morgan fingerprint density at radius 3 is 1.89 bits per heavy atom. The van der Waals surface area contributed by atoms with Crippen LogP contribution in [-0.2, 0) is 0 Å². The van der Waals surface area contributed by atoms with Crippen LogP contribution in [0, 0.1) is 0 Å². The van der Waals surface area contributed by atoms with E-state index in [-0.39, 0.29) is 0 Å². The second-order valence-electron chi connectivity index (χ2n) is 2.25. The van der Waals surface area contributed by atoms with Crippen LogP contribution in [0.5, 0.6) is 0 Å². The van der Waals surface area contributed by atoms with Gasteiger partial charge in [0.2, 0.25) is 0 Å². The Kier molecular flexibility index (Phi) is 3.40. The van der Waals surface area contributed by atoms with E-state index < -0.39 is 0 Å². The minimum Gasteiger partial charge on any atom is -0.389 e. The summed E-state index contributed by atoms with van der Waals surface area (Å²) < 4.78 is 0. The topological polar surface area (TPSA) is 26.0 Å². The molecule has 0 aliphatic carbocycles. The van der Waals surface area contributed by atoms with Gasteiger partial charge < -0.3 is 5.73 Å². The molecule has 0 amide bonds. The van der Waals surface area contributed by atoms with Gasteiger partial charge in [0.25, 0.3) is 0 Å². The fourth-order valence-corrected chi connectivity index (χ4v) is 0.557. The molecule has 0 saturated heterocycles. The van der Waals surface area contributed by atoms with Crippen molar-refractivity contribution in [2.24, 2.45) is 5.73 Å². The molecule has 0 aliphatic rings. The highest BCUT2D eigenvalue weighted by atomic mass is 35.5. The van der Waals surface area contributed by atoms with Crippen LogP contribution in [-0.4, -0.2) is 0 Å². The summed E-state index contributed by atoms with van der Waals surface area (Å²) in [5.41, 5.74) is 7.42. The lowest BCUT2D eigenvalue weighted by Gasteiger charge is -1.93. The van der Waals surface area contributed by atoms with Gasteiger partial charge in [0, 0.05) is 0 Å². The highest BCUT2D eigenvalue weighted by molar-refractivity contribution is 6.29. The highest BCUT2D eigenvalue weighted by Gasteiger charge is 1.87. The quantitative estimate of drug-likeness (QED) is 0.445. The van der Waals surface area contributed by atoms with E-state index in [0.29, 0.717) is 5.16 Å². The maximum absolute atomic E-state index is 5.49. The minimum absolute atomic E-state index is 0.371. The van der Waals surface area contributed by atoms with Gasteiger partial charge in [-0.25, -0.2) is 0 Å². The van der Waals surface area contributed by atoms with E-state index in [1.807, 2.05) is 26.8 Å². The summed E-state index contributed by atoms with van der Waals surface area (Å²) >= 11 is 5.49. The molecule has 0 spiro atoms. The minimum atomic E-state index is 0.371. The first-order valence-corrected chi connectivity index (χ1v) is 3.18. The highest BCUT2D eigenvalue weighted by Crippen LogP contribution is 2.05. The van der Waals surface area contributed by atoms with Crippen molar-refractivity contribution in [3.63, 3.8) is 0 Å². The summed E-state index contributed by atoms with van der Waals surface area (Å²) in [6.45, 7) is 5.89. The third kappa shape index (κ3) is 4.10. The summed E-state index contributed by atoms with van der Waals surface area (Å²) in [5.74, 6) is 0. The van der Waals surface area contributed by atoms with Gasteiger partial charge >= 0.3 is 0 Å². The van der Waals surface area contributed by atoms with E-state index in [1.54, 1.807) is 0 Å². The van der Waals surface area contributed by atoms with E-state index in [9.17, 15) is 0 Å². The molecule has 0 saturated carbocycles. The molecule has 1 nitrogen and oxygen atoms in total. The fraction of sp³-hybridized carbons (Fsp3) is 0.429. The molecule has 0 aromatic carbocycles. The molecule has 0 heterocycles. The van der Waals surface area contributed by atoms with Gasteiger partial charge in [0.1, 0.15) is 5.16 Å². The van der Waals surface area contributed by atoms with E-state index in [2.05, 4.69) is 0 Å². The van der Waals surface area contributed by atoms with Crippen molar-refractivity contribution >= 4 is 11.6 Å². The Bertz CT molecular complexity index is 148. The van der Waals surface area contributed by atoms with Crippen LogP contribution in [0.25, 0.3) is 0 Å². The molecule has 0 fully saturated rings. The zero-order chi connectivity index (χ0) is 7.44. The number of hydrogen-bond donors (Lipinski definition) is 1. The average Bonchev–Trinajstić information content (AvgIpc) is 1.63. The predicted molar refractivity (Wildman–Crippen MR) is 42.2 cm³/mol. The maximum Gasteiger partial charge on any atom is 0.102 e. The van der Waals surface area contributed by atoms with Crippen molar-refractivity contribution in [3.05, 3.63) is 22.4 Å². The second-order valence-corrected chi connectivity index (χ2v) is 2.66.